The molecule has 3 aromatic heterocycles. The number of nitrogens with zero attached hydrogens (tertiary/aromatic N) is 17. The number of rotatable bonds is 38. The lowest BCUT2D eigenvalue weighted by Gasteiger charge is -2.37. The maximum atomic E-state index is 15.5. The van der Waals surface area contributed by atoms with Crippen molar-refractivity contribution in [3.8, 4) is 35.5 Å². The van der Waals surface area contributed by atoms with Gasteiger partial charge in [-0.3, -0.25) is 87.3 Å². The second-order valence-electron chi connectivity index (χ2n) is 37.2. The molecule has 5 fully saturated rings. The first-order chi connectivity index (χ1) is 70.0. The number of alkyl halides is 6. The highest BCUT2D eigenvalue weighted by atomic mass is 19.3. The third-order valence-electron chi connectivity index (χ3n) is 25.1. The van der Waals surface area contributed by atoms with Crippen LogP contribution in [0.1, 0.15) is 122 Å². The van der Waals surface area contributed by atoms with E-state index in [0.29, 0.717) is 88.5 Å². The fourth-order valence-corrected chi connectivity index (χ4v) is 17.5. The molecule has 3 aromatic carbocycles. The number of halogens is 6. The highest BCUT2D eigenvalue weighted by Gasteiger charge is 2.50. The number of likely N-dealkylation sites (tertiary alicyclic amines) is 3. The summed E-state index contributed by atoms with van der Waals surface area (Å²) in [5.74, 6) is -18.6. The van der Waals surface area contributed by atoms with Crippen LogP contribution in [0.3, 0.4) is 0 Å². The van der Waals surface area contributed by atoms with Gasteiger partial charge in [0.2, 0.25) is 23.6 Å². The molecule has 0 aliphatic carbocycles. The van der Waals surface area contributed by atoms with Crippen molar-refractivity contribution in [3.05, 3.63) is 108 Å². The first kappa shape index (κ1) is 112. The molecule has 5 saturated heterocycles. The molecule has 1 unspecified atom stereocenters. The summed E-state index contributed by atoms with van der Waals surface area (Å²) >= 11 is 0. The Bertz CT molecular complexity index is 5650. The molecule has 0 spiro atoms. The molecule has 13 amide bonds. The summed E-state index contributed by atoms with van der Waals surface area (Å²) in [6.45, 7) is -2.36. The fourth-order valence-electron chi connectivity index (χ4n) is 17.5. The van der Waals surface area contributed by atoms with Crippen LogP contribution in [-0.4, -0.2) is 418 Å². The van der Waals surface area contributed by atoms with E-state index in [0.717, 1.165) is 14.7 Å². The lowest BCUT2D eigenvalue weighted by Crippen LogP contribution is -2.54. The summed E-state index contributed by atoms with van der Waals surface area (Å²) in [7, 11) is 0. The van der Waals surface area contributed by atoms with E-state index in [-0.39, 0.29) is 174 Å². The molecule has 5 aliphatic heterocycles. The molecule has 11 rings (SSSR count). The van der Waals surface area contributed by atoms with Crippen LogP contribution in [-0.2, 0) is 43.1 Å². The standard InChI is InChI=1S/C97H121F6N23O21/c1-94(2,3)147-90(140)79(119-33-31-117(59-85(133)134)29-27-116(58-84(131)132)28-30-118(32-34-119)60-86(135)136)16-17-80(127)120-35-37-121(91(141)110-21-4-7-43-144-67-10-13-76-73(46-67)70(18-24-107-76)87(137)113-55-81(128)124-61-95(98,99)49-64(124)52-104)39-41-123(93(143)112-23-6-9-45-146-69-12-15-78-75(48-69)72(20-26-109-78)89(139)115-57-83(130)126-63-97(102,103)51-66(126)54-106)42-40-122(38-36-120)92(142)111-22-5-8-44-145-68-11-14-77-74(47-68)71(19-25-108-77)88(138)114-56-82(129)125-62-96(100,101)50-65(125)53-105/h10-15,18-20,24-26,46-48,64-66,79H,4-9,16-17,21-23,27-45,49-51,55-63H2,1-3H3,(H,110,141)(H,111,142)(H,112,143)(H,113,137)(H,114,138)(H,115,139)(H,131,132)(H,133,134)(H,135,136)/t64-,65-,66-,79?/m0/s1. The molecular formula is C97H121F6N23O21. The van der Waals surface area contributed by atoms with Crippen LogP contribution in [0.4, 0.5) is 40.7 Å². The van der Waals surface area contributed by atoms with Crippen LogP contribution < -0.4 is 46.1 Å². The summed E-state index contributed by atoms with van der Waals surface area (Å²) in [5.41, 5.74) is 0.249. The number of hydrogen-bond donors (Lipinski definition) is 9. The zero-order chi connectivity index (χ0) is 106. The number of carbonyl (C=O) groups excluding carboxylic acids is 11. The minimum atomic E-state index is -3.28. The molecule has 4 atom stereocenters. The van der Waals surface area contributed by atoms with Gasteiger partial charge in [-0.25, -0.2) is 40.7 Å². The Hall–Kier alpha value is -14.8. The number of carboxylic acids is 3. The number of amides is 13. The Morgan fingerprint density at radius 2 is 0.694 bits per heavy atom. The van der Waals surface area contributed by atoms with Gasteiger partial charge in [-0.2, -0.15) is 15.8 Å². The number of hydrogen-bond acceptors (Lipinski definition) is 28. The number of aromatic nitrogens is 3. The van der Waals surface area contributed by atoms with Crippen molar-refractivity contribution in [3.63, 3.8) is 0 Å². The van der Waals surface area contributed by atoms with Gasteiger partial charge in [0.05, 0.1) is 130 Å². The van der Waals surface area contributed by atoms with Gasteiger partial charge in [0.15, 0.2) is 0 Å². The zero-order valence-electron chi connectivity index (χ0n) is 81.7. The second-order valence-corrected chi connectivity index (χ2v) is 37.2. The smallest absolute Gasteiger partial charge is 0.323 e. The Morgan fingerprint density at radius 1 is 0.401 bits per heavy atom. The van der Waals surface area contributed by atoms with Gasteiger partial charge in [-0.1, -0.05) is 0 Å². The van der Waals surface area contributed by atoms with E-state index in [1.54, 1.807) is 113 Å². The first-order valence-corrected chi connectivity index (χ1v) is 48.3. The van der Waals surface area contributed by atoms with Crippen molar-refractivity contribution >= 4 is 116 Å². The van der Waals surface area contributed by atoms with E-state index in [1.807, 2.05) is 0 Å². The predicted molar refractivity (Wildman–Crippen MR) is 513 cm³/mol. The largest absolute Gasteiger partial charge is 0.494 e. The number of aliphatic carboxylic acids is 3. The predicted octanol–water partition coefficient (Wildman–Crippen LogP) is 4.52. The van der Waals surface area contributed by atoms with Gasteiger partial charge in [-0.15, -0.1) is 0 Å². The lowest BCUT2D eigenvalue weighted by atomic mass is 10.1. The number of fused-ring (bicyclic) bond motifs is 3. The van der Waals surface area contributed by atoms with E-state index >= 15 is 4.79 Å². The molecule has 50 heteroatoms. The van der Waals surface area contributed by atoms with E-state index in [9.17, 15) is 120 Å². The summed E-state index contributed by atoms with van der Waals surface area (Å²) < 4.78 is 110. The van der Waals surface area contributed by atoms with Gasteiger partial charge in [0.1, 0.15) is 47.0 Å². The molecule has 5 aliphatic rings. The molecule has 0 saturated carbocycles. The molecule has 792 valence electrons. The van der Waals surface area contributed by atoms with E-state index in [2.05, 4.69) is 46.9 Å². The van der Waals surface area contributed by atoms with Gasteiger partial charge in [-0.05, 0) is 139 Å². The first-order valence-electron chi connectivity index (χ1n) is 48.3. The van der Waals surface area contributed by atoms with Crippen molar-refractivity contribution in [1.82, 2.24) is 101 Å². The quantitative estimate of drug-likeness (QED) is 0.0146. The van der Waals surface area contributed by atoms with E-state index < -0.39 is 209 Å². The SMILES string of the molecule is CC(C)(C)OC(=O)C(CCC(=O)N1CCN(C(=O)NCCCCOc2ccc3nccc(C(=O)NCC(=O)N4CC(F)(F)C[C@H]4C#N)c3c2)CCN(C(=O)NCCCCOc2ccc3nccc(C(=O)NCC(=O)N4CC(F)(F)C[C@H]4C#N)c3c2)CCN(C(=O)NCCCCOc2ccc3nccc(C(=O)NCC(=O)N4CC(F)(F)C[C@H]4C#N)c3c2)CC1)N1CCN(CC(=O)O)CCN(CC(=O)O)CCN(CC(=O)O)CC1. The van der Waals surface area contributed by atoms with Crippen LogP contribution in [0.5, 0.6) is 17.2 Å². The van der Waals surface area contributed by atoms with Gasteiger partial charge in [0, 0.05) is 185 Å². The number of nitrogens with one attached hydrogen (secondary N) is 6. The highest BCUT2D eigenvalue weighted by Crippen LogP contribution is 2.36. The van der Waals surface area contributed by atoms with Crippen molar-refractivity contribution < 1.29 is 128 Å². The van der Waals surface area contributed by atoms with Gasteiger partial charge < -0.3 is 100 Å². The number of esters is 1. The van der Waals surface area contributed by atoms with Gasteiger partial charge in [0.25, 0.3) is 35.5 Å². The molecule has 0 radical (unpaired) electrons. The molecule has 44 nitrogen and oxygen atoms in total. The average Bonchev–Trinajstić information content (AvgIpc) is 0.987. The number of carboxylic acid groups (broad SMARTS) is 3. The minimum absolute atomic E-state index is 0.00396. The maximum Gasteiger partial charge on any atom is 0.323 e. The highest BCUT2D eigenvalue weighted by molar-refractivity contribution is 6.09. The maximum absolute atomic E-state index is 15.5. The number of carbonyl (C=O) groups is 14. The third kappa shape index (κ3) is 33.9. The van der Waals surface area contributed by atoms with Crippen LogP contribution in [0.2, 0.25) is 0 Å². The van der Waals surface area contributed by atoms with Gasteiger partial charge >= 0.3 is 42.0 Å². The lowest BCUT2D eigenvalue weighted by molar-refractivity contribution is -0.162. The van der Waals surface area contributed by atoms with Crippen LogP contribution in [0.15, 0.2) is 91.4 Å². The third-order valence-corrected chi connectivity index (χ3v) is 25.1. The monoisotopic (exact) mass is 2060 g/mol. The van der Waals surface area contributed by atoms with Crippen molar-refractivity contribution in [2.24, 2.45) is 0 Å². The normalized spacial score (nSPS) is 18.5. The summed E-state index contributed by atoms with van der Waals surface area (Å²) in [5, 5.41) is 75.5. The number of nitriles is 3. The van der Waals surface area contributed by atoms with E-state index in [4.69, 9.17) is 18.9 Å². The Kier molecular flexibility index (Phi) is 40.4. The molecule has 9 N–H and O–H groups in total. The van der Waals surface area contributed by atoms with Crippen molar-refractivity contribution in [2.75, 3.05) is 203 Å². The van der Waals surface area contributed by atoms with Crippen LogP contribution >= 0.6 is 0 Å². The molecule has 8 heterocycles. The molecular weight excluding hydrogens is 1940 g/mol. The average molecular weight is 2060 g/mol. The minimum Gasteiger partial charge on any atom is -0.494 e. The Morgan fingerprint density at radius 3 is 0.980 bits per heavy atom. The number of unbranched alkanes of at least 4 members (excludes halogenated alkanes) is 3. The molecule has 6 aromatic rings. The number of urea groups is 3. The summed E-state index contributed by atoms with van der Waals surface area (Å²) in [6.07, 6.45) is 2.94. The second kappa shape index (κ2) is 52.8. The van der Waals surface area contributed by atoms with Crippen molar-refractivity contribution in [2.45, 2.75) is 139 Å². The Balaban J connectivity index is 0.801. The number of pyridine rings is 3. The fraction of sp³-hybridized carbons (Fsp3) is 0.546. The molecule has 0 bridgehead atoms. The summed E-state index contributed by atoms with van der Waals surface area (Å²) in [6, 6.07) is 16.4. The van der Waals surface area contributed by atoms with Crippen molar-refractivity contribution in [1.29, 1.82) is 15.8 Å². The van der Waals surface area contributed by atoms with Crippen LogP contribution in [0, 0.1) is 34.0 Å². The summed E-state index contributed by atoms with van der Waals surface area (Å²) in [4.78, 5) is 219. The number of benzene rings is 3. The molecule has 147 heavy (non-hydrogen) atoms. The Labute approximate surface area is 842 Å². The van der Waals surface area contributed by atoms with Crippen LogP contribution in [0.25, 0.3) is 32.7 Å². The zero-order valence-corrected chi connectivity index (χ0v) is 81.7. The topological polar surface area (TPSA) is 554 Å². The van der Waals surface area contributed by atoms with E-state index in [1.165, 1.54) is 56.4 Å². The number of ether oxygens (including phenoxy) is 4.